The van der Waals surface area contributed by atoms with Gasteiger partial charge in [0.1, 0.15) is 0 Å². The Morgan fingerprint density at radius 1 is 1.32 bits per heavy atom. The third-order valence-electron chi connectivity index (χ3n) is 3.40. The Hall–Kier alpha value is -1.99. The van der Waals surface area contributed by atoms with Gasteiger partial charge in [0.15, 0.2) is 0 Å². The lowest BCUT2D eigenvalue weighted by atomic mass is 10.1. The molecule has 2 rings (SSSR count). The number of nitrogens with zero attached hydrogens (tertiary/aromatic N) is 2. The van der Waals surface area contributed by atoms with Crippen molar-refractivity contribution in [1.29, 1.82) is 0 Å². The Morgan fingerprint density at radius 3 is 2.63 bits per heavy atom. The van der Waals surface area contributed by atoms with Gasteiger partial charge in [0, 0.05) is 38.9 Å². The molecule has 1 aliphatic rings. The van der Waals surface area contributed by atoms with E-state index in [9.17, 15) is 4.79 Å². The highest BCUT2D eigenvalue weighted by Crippen LogP contribution is 2.17. The van der Waals surface area contributed by atoms with Crippen molar-refractivity contribution in [3.63, 3.8) is 0 Å². The van der Waals surface area contributed by atoms with Crippen molar-refractivity contribution in [1.82, 2.24) is 9.80 Å². The zero-order valence-electron chi connectivity index (χ0n) is 11.2. The van der Waals surface area contributed by atoms with Gasteiger partial charge in [-0.15, -0.1) is 6.42 Å². The van der Waals surface area contributed by atoms with Gasteiger partial charge in [-0.1, -0.05) is 18.1 Å². The van der Waals surface area contributed by atoms with Crippen LogP contribution in [0, 0.1) is 12.3 Å². The maximum atomic E-state index is 12.5. The highest BCUT2D eigenvalue weighted by Gasteiger charge is 2.22. The van der Waals surface area contributed by atoms with Gasteiger partial charge in [0.05, 0.1) is 12.1 Å². The molecule has 1 amide bonds. The summed E-state index contributed by atoms with van der Waals surface area (Å²) in [6.07, 6.45) is 5.30. The number of anilines is 1. The topological polar surface area (TPSA) is 35.6 Å². The van der Waals surface area contributed by atoms with E-state index in [2.05, 4.69) is 16.1 Å². The third-order valence-corrected chi connectivity index (χ3v) is 3.40. The SMILES string of the molecule is C#CCN1CCN(C(=O)c2ccccc2NC)CC1. The Labute approximate surface area is 114 Å². The summed E-state index contributed by atoms with van der Waals surface area (Å²) in [5.74, 6) is 2.73. The van der Waals surface area contributed by atoms with E-state index in [-0.39, 0.29) is 5.91 Å². The molecule has 0 unspecified atom stereocenters. The van der Waals surface area contributed by atoms with Crippen LogP contribution in [0.3, 0.4) is 0 Å². The van der Waals surface area contributed by atoms with E-state index in [1.807, 2.05) is 36.2 Å². The van der Waals surface area contributed by atoms with E-state index >= 15 is 0 Å². The lowest BCUT2D eigenvalue weighted by Crippen LogP contribution is -2.48. The lowest BCUT2D eigenvalue weighted by molar-refractivity contribution is 0.0653. The quantitative estimate of drug-likeness (QED) is 0.824. The average molecular weight is 257 g/mol. The highest BCUT2D eigenvalue weighted by molar-refractivity contribution is 5.99. The molecule has 0 radical (unpaired) electrons. The standard InChI is InChI=1S/C15H19N3O/c1-3-8-17-9-11-18(12-10-17)15(19)13-6-4-5-7-14(13)16-2/h1,4-7,16H,8-12H2,2H3. The molecule has 1 N–H and O–H groups in total. The molecule has 0 bridgehead atoms. The van der Waals surface area contributed by atoms with E-state index in [0.717, 1.165) is 37.4 Å². The van der Waals surface area contributed by atoms with Crippen molar-refractivity contribution in [3.8, 4) is 12.3 Å². The number of hydrogen-bond donors (Lipinski definition) is 1. The Bertz CT molecular complexity index is 484. The fourth-order valence-corrected chi connectivity index (χ4v) is 2.30. The Morgan fingerprint density at radius 2 is 2.00 bits per heavy atom. The van der Waals surface area contributed by atoms with Gasteiger partial charge in [-0.05, 0) is 12.1 Å². The van der Waals surface area contributed by atoms with Crippen molar-refractivity contribution >= 4 is 11.6 Å². The maximum Gasteiger partial charge on any atom is 0.256 e. The highest BCUT2D eigenvalue weighted by atomic mass is 16.2. The number of hydrogen-bond acceptors (Lipinski definition) is 3. The first kappa shape index (κ1) is 13.4. The third kappa shape index (κ3) is 3.07. The number of carbonyl (C=O) groups excluding carboxylic acids is 1. The fraction of sp³-hybridized carbons (Fsp3) is 0.400. The summed E-state index contributed by atoms with van der Waals surface area (Å²) in [4.78, 5) is 16.6. The molecular formula is C15H19N3O. The van der Waals surface area contributed by atoms with E-state index in [4.69, 9.17) is 6.42 Å². The van der Waals surface area contributed by atoms with Crippen LogP contribution in [0.5, 0.6) is 0 Å². The first-order valence-electron chi connectivity index (χ1n) is 6.48. The number of rotatable bonds is 3. The van der Waals surface area contributed by atoms with Crippen LogP contribution in [0.4, 0.5) is 5.69 Å². The number of terminal acetylenes is 1. The zero-order valence-corrected chi connectivity index (χ0v) is 11.2. The summed E-state index contributed by atoms with van der Waals surface area (Å²) in [6.45, 7) is 3.82. The van der Waals surface area contributed by atoms with Crippen molar-refractivity contribution < 1.29 is 4.79 Å². The molecule has 1 aromatic rings. The molecular weight excluding hydrogens is 238 g/mol. The van der Waals surface area contributed by atoms with Crippen LogP contribution < -0.4 is 5.32 Å². The number of benzene rings is 1. The smallest absolute Gasteiger partial charge is 0.256 e. The first-order valence-corrected chi connectivity index (χ1v) is 6.48. The van der Waals surface area contributed by atoms with Crippen LogP contribution in [0.15, 0.2) is 24.3 Å². The largest absolute Gasteiger partial charge is 0.387 e. The fourth-order valence-electron chi connectivity index (χ4n) is 2.30. The average Bonchev–Trinajstić information content (AvgIpc) is 2.47. The number of nitrogens with one attached hydrogen (secondary N) is 1. The van der Waals surface area contributed by atoms with E-state index < -0.39 is 0 Å². The predicted molar refractivity (Wildman–Crippen MR) is 77.2 cm³/mol. The predicted octanol–water partition coefficient (Wildman–Crippen LogP) is 1.12. The Balaban J connectivity index is 2.03. The molecule has 1 fully saturated rings. The summed E-state index contributed by atoms with van der Waals surface area (Å²) < 4.78 is 0. The number of piperazine rings is 1. The van der Waals surface area contributed by atoms with Crippen LogP contribution in [0.25, 0.3) is 0 Å². The molecule has 0 spiro atoms. The summed E-state index contributed by atoms with van der Waals surface area (Å²) in [5, 5.41) is 3.06. The molecule has 1 aromatic carbocycles. The molecule has 0 aromatic heterocycles. The van der Waals surface area contributed by atoms with E-state index in [1.54, 1.807) is 0 Å². The number of carbonyl (C=O) groups is 1. The lowest BCUT2D eigenvalue weighted by Gasteiger charge is -2.34. The van der Waals surface area contributed by atoms with E-state index in [1.165, 1.54) is 0 Å². The van der Waals surface area contributed by atoms with Crippen molar-refractivity contribution in [2.24, 2.45) is 0 Å². The maximum absolute atomic E-state index is 12.5. The molecule has 1 saturated heterocycles. The molecule has 19 heavy (non-hydrogen) atoms. The summed E-state index contributed by atoms with van der Waals surface area (Å²) >= 11 is 0. The zero-order chi connectivity index (χ0) is 13.7. The van der Waals surface area contributed by atoms with Crippen molar-refractivity contribution in [2.75, 3.05) is 45.1 Å². The van der Waals surface area contributed by atoms with Gasteiger partial charge in [-0.3, -0.25) is 9.69 Å². The minimum atomic E-state index is 0.0882. The number of para-hydroxylation sites is 1. The second-order valence-corrected chi connectivity index (χ2v) is 4.57. The molecule has 4 heteroatoms. The normalized spacial score (nSPS) is 15.9. The second-order valence-electron chi connectivity index (χ2n) is 4.57. The summed E-state index contributed by atoms with van der Waals surface area (Å²) in [7, 11) is 1.83. The van der Waals surface area contributed by atoms with Gasteiger partial charge in [-0.25, -0.2) is 0 Å². The molecule has 1 heterocycles. The van der Waals surface area contributed by atoms with Crippen LogP contribution >= 0.6 is 0 Å². The van der Waals surface area contributed by atoms with Crippen molar-refractivity contribution in [2.45, 2.75) is 0 Å². The van der Waals surface area contributed by atoms with Gasteiger partial charge in [0.25, 0.3) is 5.91 Å². The van der Waals surface area contributed by atoms with Crippen LogP contribution in [0.1, 0.15) is 10.4 Å². The van der Waals surface area contributed by atoms with Gasteiger partial charge < -0.3 is 10.2 Å². The first-order chi connectivity index (χ1) is 9.26. The Kier molecular flexibility index (Phi) is 4.43. The number of amides is 1. The van der Waals surface area contributed by atoms with Crippen molar-refractivity contribution in [3.05, 3.63) is 29.8 Å². The van der Waals surface area contributed by atoms with Gasteiger partial charge in [-0.2, -0.15) is 0 Å². The molecule has 0 atom stereocenters. The van der Waals surface area contributed by atoms with Gasteiger partial charge in [0.2, 0.25) is 0 Å². The van der Waals surface area contributed by atoms with Crippen LogP contribution in [-0.2, 0) is 0 Å². The van der Waals surface area contributed by atoms with Crippen LogP contribution in [0.2, 0.25) is 0 Å². The summed E-state index contributed by atoms with van der Waals surface area (Å²) in [5.41, 5.74) is 1.61. The molecule has 0 aliphatic carbocycles. The molecule has 100 valence electrons. The minimum absolute atomic E-state index is 0.0882. The summed E-state index contributed by atoms with van der Waals surface area (Å²) in [6, 6.07) is 7.60. The molecule has 0 saturated carbocycles. The molecule has 1 aliphatic heterocycles. The van der Waals surface area contributed by atoms with E-state index in [0.29, 0.717) is 6.54 Å². The monoisotopic (exact) mass is 257 g/mol. The van der Waals surface area contributed by atoms with Gasteiger partial charge >= 0.3 is 0 Å². The molecule has 4 nitrogen and oxygen atoms in total. The minimum Gasteiger partial charge on any atom is -0.387 e. The second kappa shape index (κ2) is 6.26. The van der Waals surface area contributed by atoms with Crippen LogP contribution in [-0.4, -0.2) is 55.5 Å².